The van der Waals surface area contributed by atoms with Gasteiger partial charge in [0.2, 0.25) is 10.0 Å². The number of nitrogens with one attached hydrogen (secondary N) is 1. The van der Waals surface area contributed by atoms with Crippen molar-refractivity contribution in [3.63, 3.8) is 0 Å². The van der Waals surface area contributed by atoms with Crippen molar-refractivity contribution in [2.75, 3.05) is 12.8 Å². The van der Waals surface area contributed by atoms with Crippen LogP contribution in [0.1, 0.15) is 11.7 Å². The zero-order valence-corrected chi connectivity index (χ0v) is 15.8. The molecule has 9 heteroatoms. The molecule has 0 aliphatic rings. The van der Waals surface area contributed by atoms with Gasteiger partial charge in [0.25, 0.3) is 0 Å². The fourth-order valence-electron chi connectivity index (χ4n) is 2.49. The van der Waals surface area contributed by atoms with Gasteiger partial charge in [-0.25, -0.2) is 17.9 Å². The lowest BCUT2D eigenvalue weighted by molar-refractivity contribution is 0.182. The number of aryl methyl sites for hydroxylation is 1. The minimum Gasteiger partial charge on any atom is -0.408 e. The van der Waals surface area contributed by atoms with Gasteiger partial charge in [0.05, 0.1) is 16.5 Å². The van der Waals surface area contributed by atoms with Crippen LogP contribution in [0.25, 0.3) is 11.1 Å². The predicted molar refractivity (Wildman–Crippen MR) is 99.8 cm³/mol. The van der Waals surface area contributed by atoms with Gasteiger partial charge in [0, 0.05) is 18.5 Å². The average molecular weight is 394 g/mol. The number of benzene rings is 2. The molecule has 0 bridgehead atoms. The van der Waals surface area contributed by atoms with Crippen LogP contribution >= 0.6 is 11.8 Å². The Bertz CT molecular complexity index is 1080. The molecular formula is C17H18N2O5S2. The summed E-state index contributed by atoms with van der Waals surface area (Å²) in [5, 5.41) is 10.2. The monoisotopic (exact) mass is 394 g/mol. The van der Waals surface area contributed by atoms with E-state index in [4.69, 9.17) is 4.42 Å². The van der Waals surface area contributed by atoms with Crippen LogP contribution in [0.15, 0.2) is 61.5 Å². The van der Waals surface area contributed by atoms with Crippen LogP contribution in [0.5, 0.6) is 0 Å². The van der Waals surface area contributed by atoms with Gasteiger partial charge in [-0.1, -0.05) is 12.1 Å². The molecule has 3 rings (SSSR count). The third-order valence-corrected chi connectivity index (χ3v) is 6.21. The number of fused-ring (bicyclic) bond motifs is 1. The first-order chi connectivity index (χ1) is 12.3. The number of oxazole rings is 1. The Labute approximate surface area is 154 Å². The maximum Gasteiger partial charge on any atom is 0.419 e. The molecule has 1 aromatic heterocycles. The lowest BCUT2D eigenvalue weighted by Gasteiger charge is -2.13. The summed E-state index contributed by atoms with van der Waals surface area (Å²) in [5.74, 6) is -0.563. The van der Waals surface area contributed by atoms with Gasteiger partial charge in [-0.3, -0.25) is 4.57 Å². The van der Waals surface area contributed by atoms with E-state index in [1.165, 1.54) is 29.8 Å². The molecule has 1 atom stereocenters. The van der Waals surface area contributed by atoms with Gasteiger partial charge in [-0.2, -0.15) is 0 Å². The minimum absolute atomic E-state index is 0.00803. The van der Waals surface area contributed by atoms with E-state index in [-0.39, 0.29) is 11.4 Å². The Morgan fingerprint density at radius 3 is 2.58 bits per heavy atom. The molecule has 138 valence electrons. The lowest BCUT2D eigenvalue weighted by atomic mass is 10.1. The summed E-state index contributed by atoms with van der Waals surface area (Å²) in [6.45, 7) is -0.163. The summed E-state index contributed by atoms with van der Waals surface area (Å²) in [7, 11) is -2.35. The third-order valence-electron chi connectivity index (χ3n) is 4.04. The molecule has 0 amide bonds. The van der Waals surface area contributed by atoms with Crippen molar-refractivity contribution in [3.05, 3.63) is 58.6 Å². The molecule has 26 heavy (non-hydrogen) atoms. The number of hydrogen-bond acceptors (Lipinski definition) is 6. The number of nitrogens with zero attached hydrogens (tertiary/aromatic N) is 1. The zero-order valence-electron chi connectivity index (χ0n) is 14.2. The normalized spacial score (nSPS) is 13.2. The highest BCUT2D eigenvalue weighted by Gasteiger charge is 2.19. The van der Waals surface area contributed by atoms with Gasteiger partial charge in [0.1, 0.15) is 0 Å². The molecule has 1 heterocycles. The molecule has 2 aromatic carbocycles. The molecule has 1 unspecified atom stereocenters. The largest absolute Gasteiger partial charge is 0.419 e. The second-order valence-corrected chi connectivity index (χ2v) is 8.34. The van der Waals surface area contributed by atoms with E-state index in [0.29, 0.717) is 16.7 Å². The smallest absolute Gasteiger partial charge is 0.408 e. The van der Waals surface area contributed by atoms with Gasteiger partial charge < -0.3 is 9.52 Å². The minimum atomic E-state index is -3.85. The maximum atomic E-state index is 12.5. The molecular weight excluding hydrogens is 376 g/mol. The number of aromatic nitrogens is 1. The molecule has 0 radical (unpaired) electrons. The van der Waals surface area contributed by atoms with Crippen LogP contribution in [-0.4, -0.2) is 30.9 Å². The quantitative estimate of drug-likeness (QED) is 0.619. The topological polar surface area (TPSA) is 102 Å². The zero-order chi connectivity index (χ0) is 18.9. The molecule has 0 saturated heterocycles. The van der Waals surface area contributed by atoms with E-state index in [1.54, 1.807) is 23.9 Å². The van der Waals surface area contributed by atoms with E-state index in [0.717, 1.165) is 4.90 Å². The Balaban J connectivity index is 1.77. The van der Waals surface area contributed by atoms with Crippen LogP contribution in [-0.2, 0) is 17.1 Å². The van der Waals surface area contributed by atoms with Crippen molar-refractivity contribution in [1.29, 1.82) is 0 Å². The summed E-state index contributed by atoms with van der Waals surface area (Å²) in [6.07, 6.45) is 0.981. The Morgan fingerprint density at radius 2 is 1.92 bits per heavy atom. The summed E-state index contributed by atoms with van der Waals surface area (Å²) in [5.41, 5.74) is 1.31. The van der Waals surface area contributed by atoms with E-state index >= 15 is 0 Å². The van der Waals surface area contributed by atoms with Gasteiger partial charge in [0.15, 0.2) is 5.58 Å². The fraction of sp³-hybridized carbons (Fsp3) is 0.235. The van der Waals surface area contributed by atoms with Gasteiger partial charge >= 0.3 is 5.76 Å². The van der Waals surface area contributed by atoms with E-state index in [9.17, 15) is 18.3 Å². The maximum absolute atomic E-state index is 12.5. The van der Waals surface area contributed by atoms with Crippen molar-refractivity contribution in [2.45, 2.75) is 15.9 Å². The first kappa shape index (κ1) is 18.7. The van der Waals surface area contributed by atoms with Crippen molar-refractivity contribution in [1.82, 2.24) is 9.29 Å². The Morgan fingerprint density at radius 1 is 1.23 bits per heavy atom. The van der Waals surface area contributed by atoms with E-state index in [1.807, 2.05) is 18.4 Å². The van der Waals surface area contributed by atoms with Crippen molar-refractivity contribution in [2.24, 2.45) is 7.05 Å². The Kier molecular flexibility index (Phi) is 5.24. The Hall–Kier alpha value is -2.07. The SMILES string of the molecule is CSc1ccc(C(O)CNS(=O)(=O)c2ccc3oc(=O)n(C)c3c2)cc1. The van der Waals surface area contributed by atoms with Crippen molar-refractivity contribution in [3.8, 4) is 0 Å². The number of sulfonamides is 1. The summed E-state index contributed by atoms with van der Waals surface area (Å²) in [6, 6.07) is 11.4. The molecule has 0 aliphatic heterocycles. The standard InChI is InChI=1S/C17H18N2O5S2/c1-19-14-9-13(7-8-16(14)24-17(19)21)26(22,23)18-10-15(20)11-3-5-12(25-2)6-4-11/h3-9,15,18,20H,10H2,1-2H3. The molecule has 0 spiro atoms. The number of thioether (sulfide) groups is 1. The first-order valence-electron chi connectivity index (χ1n) is 7.73. The summed E-state index contributed by atoms with van der Waals surface area (Å²) in [4.78, 5) is 12.6. The molecule has 7 nitrogen and oxygen atoms in total. The number of aliphatic hydroxyl groups is 1. The second-order valence-electron chi connectivity index (χ2n) is 5.70. The first-order valence-corrected chi connectivity index (χ1v) is 10.4. The van der Waals surface area contributed by atoms with Crippen LogP contribution in [0.4, 0.5) is 0 Å². The van der Waals surface area contributed by atoms with Crippen LogP contribution in [0, 0.1) is 0 Å². The third kappa shape index (κ3) is 3.70. The highest BCUT2D eigenvalue weighted by Crippen LogP contribution is 2.20. The van der Waals surface area contributed by atoms with E-state index in [2.05, 4.69) is 4.72 Å². The van der Waals surface area contributed by atoms with Crippen LogP contribution in [0.3, 0.4) is 0 Å². The fourth-order valence-corrected chi connectivity index (χ4v) is 3.96. The number of aliphatic hydroxyl groups excluding tert-OH is 1. The van der Waals surface area contributed by atoms with Crippen LogP contribution < -0.4 is 10.5 Å². The van der Waals surface area contributed by atoms with Crippen molar-refractivity contribution >= 4 is 32.9 Å². The highest BCUT2D eigenvalue weighted by molar-refractivity contribution is 7.98. The van der Waals surface area contributed by atoms with Gasteiger partial charge in [-0.05, 0) is 42.2 Å². The highest BCUT2D eigenvalue weighted by atomic mass is 32.2. The van der Waals surface area contributed by atoms with Crippen LogP contribution in [0.2, 0.25) is 0 Å². The lowest BCUT2D eigenvalue weighted by Crippen LogP contribution is -2.28. The summed E-state index contributed by atoms with van der Waals surface area (Å²) >= 11 is 1.58. The summed E-state index contributed by atoms with van der Waals surface area (Å²) < 4.78 is 33.6. The predicted octanol–water partition coefficient (Wildman–Crippen LogP) is 1.87. The average Bonchev–Trinajstić information content (AvgIpc) is 2.93. The number of hydrogen-bond donors (Lipinski definition) is 2. The van der Waals surface area contributed by atoms with Gasteiger partial charge in [-0.15, -0.1) is 11.8 Å². The number of rotatable bonds is 6. The molecule has 0 saturated carbocycles. The molecule has 2 N–H and O–H groups in total. The molecule has 0 fully saturated rings. The second kappa shape index (κ2) is 7.28. The van der Waals surface area contributed by atoms with Crippen molar-refractivity contribution < 1.29 is 17.9 Å². The molecule has 0 aliphatic carbocycles. The molecule has 3 aromatic rings. The van der Waals surface area contributed by atoms with E-state index < -0.39 is 21.9 Å².